The minimum absolute atomic E-state index is 0.0937. The lowest BCUT2D eigenvalue weighted by Gasteiger charge is -2.03. The number of carbonyl (C=O) groups is 1. The van der Waals surface area contributed by atoms with Gasteiger partial charge < -0.3 is 0 Å². The van der Waals surface area contributed by atoms with Crippen molar-refractivity contribution in [2.45, 2.75) is 19.8 Å². The predicted octanol–water partition coefficient (Wildman–Crippen LogP) is 1.17. The molecule has 0 spiro atoms. The Morgan fingerprint density at radius 3 is 2.45 bits per heavy atom. The monoisotopic (exact) mass is 150 g/mol. The van der Waals surface area contributed by atoms with Crippen LogP contribution in [0.2, 0.25) is 0 Å². The summed E-state index contributed by atoms with van der Waals surface area (Å²) < 4.78 is 0. The van der Waals surface area contributed by atoms with E-state index in [-0.39, 0.29) is 11.7 Å². The van der Waals surface area contributed by atoms with E-state index in [1.54, 1.807) is 32.3 Å². The van der Waals surface area contributed by atoms with E-state index in [4.69, 9.17) is 0 Å². The second-order valence-corrected chi connectivity index (χ2v) is 2.44. The Hall–Kier alpha value is -1.25. The number of hydrogen-bond donors (Lipinski definition) is 0. The Labute approximate surface area is 65.5 Å². The molecule has 1 aromatic heterocycles. The van der Waals surface area contributed by atoms with Crippen molar-refractivity contribution >= 4 is 5.78 Å². The van der Waals surface area contributed by atoms with Gasteiger partial charge in [0.2, 0.25) is 0 Å². The SMILES string of the molecule is CC(=O)C(C)c1ncccn1. The van der Waals surface area contributed by atoms with Crippen molar-refractivity contribution in [2.24, 2.45) is 0 Å². The molecule has 3 heteroatoms. The molecule has 0 N–H and O–H groups in total. The van der Waals surface area contributed by atoms with Crippen molar-refractivity contribution in [3.63, 3.8) is 0 Å². The van der Waals surface area contributed by atoms with Crippen LogP contribution in [0.15, 0.2) is 18.5 Å². The van der Waals surface area contributed by atoms with Crippen LogP contribution in [0.25, 0.3) is 0 Å². The quantitative estimate of drug-likeness (QED) is 0.635. The van der Waals surface area contributed by atoms with E-state index in [0.29, 0.717) is 5.82 Å². The fourth-order valence-corrected chi connectivity index (χ4v) is 0.716. The number of nitrogens with zero attached hydrogens (tertiary/aromatic N) is 2. The molecule has 0 fully saturated rings. The van der Waals surface area contributed by atoms with Crippen molar-refractivity contribution in [3.8, 4) is 0 Å². The molecule has 0 aliphatic carbocycles. The molecule has 0 saturated heterocycles. The zero-order chi connectivity index (χ0) is 8.27. The Balaban J connectivity index is 2.85. The standard InChI is InChI=1S/C8H10N2O/c1-6(7(2)11)8-9-4-3-5-10-8/h3-6H,1-2H3. The molecule has 0 aromatic carbocycles. The van der Waals surface area contributed by atoms with Crippen molar-refractivity contribution in [3.05, 3.63) is 24.3 Å². The Morgan fingerprint density at radius 1 is 1.45 bits per heavy atom. The Bertz CT molecular complexity index is 246. The third-order valence-corrected chi connectivity index (χ3v) is 1.58. The first kappa shape index (κ1) is 7.85. The third-order valence-electron chi connectivity index (χ3n) is 1.58. The van der Waals surface area contributed by atoms with Gasteiger partial charge in [0.15, 0.2) is 0 Å². The van der Waals surface area contributed by atoms with E-state index in [9.17, 15) is 4.79 Å². The van der Waals surface area contributed by atoms with Gasteiger partial charge in [0, 0.05) is 12.4 Å². The number of ketones is 1. The van der Waals surface area contributed by atoms with Gasteiger partial charge in [0.25, 0.3) is 0 Å². The highest BCUT2D eigenvalue weighted by Crippen LogP contribution is 2.08. The molecule has 58 valence electrons. The molecule has 0 radical (unpaired) electrons. The lowest BCUT2D eigenvalue weighted by atomic mass is 10.1. The molecule has 0 aliphatic rings. The summed E-state index contributed by atoms with van der Waals surface area (Å²) >= 11 is 0. The maximum atomic E-state index is 10.9. The summed E-state index contributed by atoms with van der Waals surface area (Å²) in [4.78, 5) is 18.8. The van der Waals surface area contributed by atoms with E-state index in [0.717, 1.165) is 0 Å². The molecule has 1 aromatic rings. The van der Waals surface area contributed by atoms with Gasteiger partial charge in [-0.05, 0) is 19.9 Å². The zero-order valence-corrected chi connectivity index (χ0v) is 6.61. The van der Waals surface area contributed by atoms with Crippen LogP contribution in [-0.2, 0) is 4.79 Å². The van der Waals surface area contributed by atoms with Gasteiger partial charge in [-0.25, -0.2) is 9.97 Å². The first-order valence-corrected chi connectivity index (χ1v) is 3.49. The van der Waals surface area contributed by atoms with Crippen LogP contribution >= 0.6 is 0 Å². The van der Waals surface area contributed by atoms with Gasteiger partial charge in [0.05, 0.1) is 5.92 Å². The van der Waals surface area contributed by atoms with Gasteiger partial charge in [-0.3, -0.25) is 4.79 Å². The average molecular weight is 150 g/mol. The summed E-state index contributed by atoms with van der Waals surface area (Å²) in [5.74, 6) is 0.507. The van der Waals surface area contributed by atoms with Crippen LogP contribution in [0.4, 0.5) is 0 Å². The molecule has 0 bridgehead atoms. The first-order chi connectivity index (χ1) is 5.22. The summed E-state index contributed by atoms with van der Waals surface area (Å²) in [6.45, 7) is 3.35. The molecule has 1 atom stereocenters. The van der Waals surface area contributed by atoms with E-state index >= 15 is 0 Å². The lowest BCUT2D eigenvalue weighted by Crippen LogP contribution is -2.07. The van der Waals surface area contributed by atoms with Crippen molar-refractivity contribution in [2.75, 3.05) is 0 Å². The van der Waals surface area contributed by atoms with Crippen molar-refractivity contribution in [1.29, 1.82) is 0 Å². The highest BCUT2D eigenvalue weighted by Gasteiger charge is 2.11. The van der Waals surface area contributed by atoms with Crippen LogP contribution < -0.4 is 0 Å². The minimum Gasteiger partial charge on any atom is -0.299 e. The van der Waals surface area contributed by atoms with E-state index in [1.807, 2.05) is 0 Å². The highest BCUT2D eigenvalue weighted by atomic mass is 16.1. The fraction of sp³-hybridized carbons (Fsp3) is 0.375. The second-order valence-electron chi connectivity index (χ2n) is 2.44. The first-order valence-electron chi connectivity index (χ1n) is 3.49. The van der Waals surface area contributed by atoms with Crippen molar-refractivity contribution in [1.82, 2.24) is 9.97 Å². The van der Waals surface area contributed by atoms with Gasteiger partial charge in [-0.1, -0.05) is 0 Å². The molecule has 1 unspecified atom stereocenters. The van der Waals surface area contributed by atoms with Crippen molar-refractivity contribution < 1.29 is 4.79 Å². The summed E-state index contributed by atoms with van der Waals surface area (Å²) in [6, 6.07) is 1.73. The zero-order valence-electron chi connectivity index (χ0n) is 6.61. The fourth-order valence-electron chi connectivity index (χ4n) is 0.716. The number of hydrogen-bond acceptors (Lipinski definition) is 3. The summed E-state index contributed by atoms with van der Waals surface area (Å²) in [5, 5.41) is 0. The minimum atomic E-state index is -0.184. The maximum absolute atomic E-state index is 10.9. The molecule has 0 saturated carbocycles. The largest absolute Gasteiger partial charge is 0.299 e. The molecule has 0 aliphatic heterocycles. The Kier molecular flexibility index (Phi) is 2.31. The average Bonchev–Trinajstić information content (AvgIpc) is 2.05. The van der Waals surface area contributed by atoms with Crippen LogP contribution in [-0.4, -0.2) is 15.8 Å². The van der Waals surface area contributed by atoms with Crippen LogP contribution in [0.5, 0.6) is 0 Å². The molecule has 3 nitrogen and oxygen atoms in total. The van der Waals surface area contributed by atoms with Crippen LogP contribution in [0.3, 0.4) is 0 Å². The normalized spacial score (nSPS) is 12.5. The van der Waals surface area contributed by atoms with Gasteiger partial charge in [-0.15, -0.1) is 0 Å². The van der Waals surface area contributed by atoms with Gasteiger partial charge in [0.1, 0.15) is 11.6 Å². The predicted molar refractivity (Wildman–Crippen MR) is 41.1 cm³/mol. The molecule has 1 rings (SSSR count). The molecule has 11 heavy (non-hydrogen) atoms. The molecular weight excluding hydrogens is 140 g/mol. The van der Waals surface area contributed by atoms with Gasteiger partial charge in [-0.2, -0.15) is 0 Å². The Morgan fingerprint density at radius 2 is 2.00 bits per heavy atom. The number of carbonyl (C=O) groups excluding carboxylic acids is 1. The number of Topliss-reactive ketones (excluding diaryl/α,β-unsaturated/α-hetero) is 1. The van der Waals surface area contributed by atoms with Gasteiger partial charge >= 0.3 is 0 Å². The molecule has 1 heterocycles. The van der Waals surface area contributed by atoms with Crippen LogP contribution in [0, 0.1) is 0 Å². The highest BCUT2D eigenvalue weighted by molar-refractivity contribution is 5.81. The smallest absolute Gasteiger partial charge is 0.140 e. The van der Waals surface area contributed by atoms with E-state index in [2.05, 4.69) is 9.97 Å². The maximum Gasteiger partial charge on any atom is 0.140 e. The lowest BCUT2D eigenvalue weighted by molar-refractivity contribution is -0.118. The molecule has 0 amide bonds. The third kappa shape index (κ3) is 1.83. The summed E-state index contributed by atoms with van der Waals surface area (Å²) in [7, 11) is 0. The second kappa shape index (κ2) is 3.23. The summed E-state index contributed by atoms with van der Waals surface area (Å²) in [5.41, 5.74) is 0. The summed E-state index contributed by atoms with van der Waals surface area (Å²) in [6.07, 6.45) is 3.28. The van der Waals surface area contributed by atoms with E-state index in [1.165, 1.54) is 0 Å². The number of aromatic nitrogens is 2. The van der Waals surface area contributed by atoms with Crippen LogP contribution in [0.1, 0.15) is 25.6 Å². The topological polar surface area (TPSA) is 42.9 Å². The number of rotatable bonds is 2. The molecular formula is C8H10N2O. The van der Waals surface area contributed by atoms with E-state index < -0.39 is 0 Å².